The van der Waals surface area contributed by atoms with Crippen molar-refractivity contribution in [1.82, 2.24) is 4.98 Å². The van der Waals surface area contributed by atoms with Crippen LogP contribution in [0.4, 0.5) is 5.13 Å². The fourth-order valence-electron chi connectivity index (χ4n) is 3.04. The molecule has 29 heavy (non-hydrogen) atoms. The zero-order chi connectivity index (χ0) is 20.4. The van der Waals surface area contributed by atoms with Crippen molar-refractivity contribution in [3.05, 3.63) is 94.0 Å². The summed E-state index contributed by atoms with van der Waals surface area (Å²) in [5, 5.41) is 10.3. The van der Waals surface area contributed by atoms with Crippen LogP contribution in [0.5, 0.6) is 0 Å². The number of aryl methyl sites for hydroxylation is 1. The number of fused-ring (bicyclic) bond motifs is 1. The molecule has 4 nitrogen and oxygen atoms in total. The molecule has 0 unspecified atom stereocenters. The minimum atomic E-state index is -0.166. The predicted octanol–water partition coefficient (Wildman–Crippen LogP) is 5.98. The molecular formula is C23H16ClN3OS. The summed E-state index contributed by atoms with van der Waals surface area (Å²) < 4.78 is 0.979. The molecule has 1 amide bonds. The second-order valence-electron chi connectivity index (χ2n) is 6.58. The number of carbonyl (C=O) groups is 1. The van der Waals surface area contributed by atoms with Gasteiger partial charge in [0, 0.05) is 10.6 Å². The highest BCUT2D eigenvalue weighted by Crippen LogP contribution is 2.34. The molecule has 3 aromatic carbocycles. The number of carbonyl (C=O) groups excluding carboxylic acids is 1. The van der Waals surface area contributed by atoms with Gasteiger partial charge in [-0.3, -0.25) is 9.69 Å². The van der Waals surface area contributed by atoms with Gasteiger partial charge in [0.2, 0.25) is 0 Å². The van der Waals surface area contributed by atoms with Crippen LogP contribution in [0.1, 0.15) is 27.0 Å². The van der Waals surface area contributed by atoms with Crippen molar-refractivity contribution in [3.63, 3.8) is 0 Å². The summed E-state index contributed by atoms with van der Waals surface area (Å²) in [5.74, 6) is -0.166. The van der Waals surface area contributed by atoms with E-state index in [4.69, 9.17) is 21.8 Å². The van der Waals surface area contributed by atoms with Crippen LogP contribution in [0.25, 0.3) is 10.2 Å². The number of aromatic nitrogens is 1. The lowest BCUT2D eigenvalue weighted by molar-refractivity contribution is 0.0985. The third-order valence-electron chi connectivity index (χ3n) is 4.66. The first kappa shape index (κ1) is 19.1. The molecule has 0 aliphatic heterocycles. The molecule has 4 aromatic rings. The van der Waals surface area contributed by atoms with E-state index in [2.05, 4.69) is 6.07 Å². The number of rotatable bonds is 4. The number of thiazole rings is 1. The van der Waals surface area contributed by atoms with Gasteiger partial charge in [0.1, 0.15) is 0 Å². The molecule has 142 valence electrons. The summed E-state index contributed by atoms with van der Waals surface area (Å²) in [7, 11) is 0. The Morgan fingerprint density at radius 2 is 1.83 bits per heavy atom. The van der Waals surface area contributed by atoms with E-state index >= 15 is 0 Å². The normalized spacial score (nSPS) is 10.7. The van der Waals surface area contributed by atoms with Crippen LogP contribution in [0.3, 0.4) is 0 Å². The van der Waals surface area contributed by atoms with Gasteiger partial charge in [0.05, 0.1) is 28.4 Å². The van der Waals surface area contributed by atoms with Crippen LogP contribution in [-0.2, 0) is 6.54 Å². The highest BCUT2D eigenvalue weighted by atomic mass is 35.5. The van der Waals surface area contributed by atoms with E-state index in [1.165, 1.54) is 11.3 Å². The molecule has 1 aromatic heterocycles. The maximum absolute atomic E-state index is 13.4. The summed E-state index contributed by atoms with van der Waals surface area (Å²) in [4.78, 5) is 19.8. The molecule has 4 rings (SSSR count). The second kappa shape index (κ2) is 8.04. The third kappa shape index (κ3) is 3.86. The highest BCUT2D eigenvalue weighted by Gasteiger charge is 2.22. The van der Waals surface area contributed by atoms with Crippen LogP contribution in [0.2, 0.25) is 5.02 Å². The minimum Gasteiger partial charge on any atom is -0.279 e. The van der Waals surface area contributed by atoms with Crippen molar-refractivity contribution < 1.29 is 4.79 Å². The largest absolute Gasteiger partial charge is 0.279 e. The number of hydrogen-bond acceptors (Lipinski definition) is 4. The second-order valence-corrected chi connectivity index (χ2v) is 8.00. The molecule has 0 aliphatic rings. The fourth-order valence-corrected chi connectivity index (χ4v) is 4.22. The lowest BCUT2D eigenvalue weighted by atomic mass is 10.1. The van der Waals surface area contributed by atoms with Gasteiger partial charge in [-0.05, 0) is 54.4 Å². The van der Waals surface area contributed by atoms with Gasteiger partial charge < -0.3 is 0 Å². The number of amides is 1. The Kier molecular flexibility index (Phi) is 5.30. The van der Waals surface area contributed by atoms with E-state index < -0.39 is 0 Å². The van der Waals surface area contributed by atoms with Crippen LogP contribution in [0, 0.1) is 18.3 Å². The van der Waals surface area contributed by atoms with Crippen LogP contribution < -0.4 is 4.90 Å². The Morgan fingerprint density at radius 1 is 1.10 bits per heavy atom. The molecule has 0 aliphatic carbocycles. The van der Waals surface area contributed by atoms with E-state index in [0.717, 1.165) is 21.3 Å². The fraction of sp³-hybridized carbons (Fsp3) is 0.0870. The van der Waals surface area contributed by atoms with Gasteiger partial charge >= 0.3 is 0 Å². The number of nitrogens with zero attached hydrogens (tertiary/aromatic N) is 3. The summed E-state index contributed by atoms with van der Waals surface area (Å²) in [5.41, 5.74) is 3.74. The molecule has 0 saturated heterocycles. The highest BCUT2D eigenvalue weighted by molar-refractivity contribution is 7.22. The Balaban J connectivity index is 1.78. The van der Waals surface area contributed by atoms with Crippen molar-refractivity contribution in [2.75, 3.05) is 4.90 Å². The average molecular weight is 418 g/mol. The Bertz CT molecular complexity index is 1230. The van der Waals surface area contributed by atoms with Crippen LogP contribution in [-0.4, -0.2) is 10.9 Å². The number of benzene rings is 3. The molecule has 1 heterocycles. The van der Waals surface area contributed by atoms with E-state index in [-0.39, 0.29) is 5.91 Å². The van der Waals surface area contributed by atoms with Crippen molar-refractivity contribution in [3.8, 4) is 6.07 Å². The first-order chi connectivity index (χ1) is 14.1. The van der Waals surface area contributed by atoms with Crippen molar-refractivity contribution in [1.29, 1.82) is 5.26 Å². The summed E-state index contributed by atoms with van der Waals surface area (Å²) in [6.07, 6.45) is 0. The zero-order valence-corrected chi connectivity index (χ0v) is 17.2. The number of halogens is 1. The Morgan fingerprint density at radius 3 is 2.52 bits per heavy atom. The SMILES string of the molecule is Cc1c(Cl)ccc2sc(N(Cc3ccccc3)C(=O)c3ccc(C#N)cc3)nc12. The summed E-state index contributed by atoms with van der Waals surface area (Å²) >= 11 is 7.71. The van der Waals surface area contributed by atoms with E-state index in [0.29, 0.717) is 27.8 Å². The Hall–Kier alpha value is -3.20. The van der Waals surface area contributed by atoms with Gasteiger partial charge in [-0.2, -0.15) is 5.26 Å². The topological polar surface area (TPSA) is 57.0 Å². The van der Waals surface area contributed by atoms with Crippen molar-refractivity contribution >= 4 is 44.2 Å². The van der Waals surface area contributed by atoms with E-state index in [1.807, 2.05) is 49.4 Å². The predicted molar refractivity (Wildman–Crippen MR) is 117 cm³/mol. The minimum absolute atomic E-state index is 0.166. The van der Waals surface area contributed by atoms with Gasteiger partial charge in [-0.1, -0.05) is 53.3 Å². The first-order valence-electron chi connectivity index (χ1n) is 8.98. The molecule has 0 saturated carbocycles. The molecule has 0 radical (unpaired) electrons. The lowest BCUT2D eigenvalue weighted by Gasteiger charge is -2.20. The molecule has 0 spiro atoms. The number of nitriles is 1. The van der Waals surface area contributed by atoms with Gasteiger partial charge in [-0.25, -0.2) is 4.98 Å². The average Bonchev–Trinajstić information content (AvgIpc) is 3.20. The molecule has 6 heteroatoms. The van der Waals surface area contributed by atoms with Gasteiger partial charge in [0.15, 0.2) is 5.13 Å². The van der Waals surface area contributed by atoms with Gasteiger partial charge in [-0.15, -0.1) is 0 Å². The van der Waals surface area contributed by atoms with Crippen molar-refractivity contribution in [2.24, 2.45) is 0 Å². The van der Waals surface area contributed by atoms with Gasteiger partial charge in [0.25, 0.3) is 5.91 Å². The monoisotopic (exact) mass is 417 g/mol. The maximum Gasteiger partial charge on any atom is 0.260 e. The lowest BCUT2D eigenvalue weighted by Crippen LogP contribution is -2.30. The van der Waals surface area contributed by atoms with E-state index in [1.54, 1.807) is 29.2 Å². The summed E-state index contributed by atoms with van der Waals surface area (Å²) in [6.45, 7) is 2.32. The molecular weight excluding hydrogens is 402 g/mol. The van der Waals surface area contributed by atoms with E-state index in [9.17, 15) is 4.79 Å². The Labute approximate surface area is 177 Å². The van der Waals surface area contributed by atoms with Crippen LogP contribution in [0.15, 0.2) is 66.7 Å². The smallest absolute Gasteiger partial charge is 0.260 e. The third-order valence-corrected chi connectivity index (χ3v) is 6.11. The zero-order valence-electron chi connectivity index (χ0n) is 15.6. The first-order valence-corrected chi connectivity index (χ1v) is 10.2. The van der Waals surface area contributed by atoms with Crippen LogP contribution >= 0.6 is 22.9 Å². The molecule has 0 N–H and O–H groups in total. The molecule has 0 fully saturated rings. The molecule has 0 atom stereocenters. The molecule has 0 bridgehead atoms. The number of anilines is 1. The standard InChI is InChI=1S/C23H16ClN3OS/c1-15-19(24)11-12-20-21(15)26-23(29-20)27(14-17-5-3-2-4-6-17)22(28)18-9-7-16(13-25)8-10-18/h2-12H,14H2,1H3. The van der Waals surface area contributed by atoms with Crippen molar-refractivity contribution in [2.45, 2.75) is 13.5 Å². The quantitative estimate of drug-likeness (QED) is 0.410. The maximum atomic E-state index is 13.4. The summed E-state index contributed by atoms with van der Waals surface area (Å²) in [6, 6.07) is 22.3. The number of hydrogen-bond donors (Lipinski definition) is 0.